The van der Waals surface area contributed by atoms with Crippen molar-refractivity contribution >= 4 is 9.84 Å². The first-order valence-electron chi connectivity index (χ1n) is 4.70. The molecule has 0 unspecified atom stereocenters. The number of hydrogen-bond donors (Lipinski definition) is 1. The largest absolute Gasteiger partial charge is 0.311 e. The van der Waals surface area contributed by atoms with Gasteiger partial charge in [-0.25, -0.2) is 18.4 Å². The predicted molar refractivity (Wildman–Crippen MR) is 58.0 cm³/mol. The van der Waals surface area contributed by atoms with Gasteiger partial charge in [0, 0.05) is 19.0 Å². The molecule has 5 nitrogen and oxygen atoms in total. The summed E-state index contributed by atoms with van der Waals surface area (Å²) in [5.41, 5.74) is 0.811. The van der Waals surface area contributed by atoms with Crippen LogP contribution in [0.4, 0.5) is 0 Å². The van der Waals surface area contributed by atoms with Gasteiger partial charge in [0.2, 0.25) is 0 Å². The first-order chi connectivity index (χ1) is 7.01. The molecule has 0 amide bonds. The molecular formula is C9H15N3O2S. The van der Waals surface area contributed by atoms with E-state index in [2.05, 4.69) is 15.3 Å². The van der Waals surface area contributed by atoms with E-state index < -0.39 is 9.84 Å². The van der Waals surface area contributed by atoms with E-state index in [4.69, 9.17) is 0 Å². The Bertz CT molecular complexity index is 417. The lowest BCUT2D eigenvalue weighted by molar-refractivity contribution is 0.599. The Balaban J connectivity index is 2.74. The topological polar surface area (TPSA) is 72.0 Å². The van der Waals surface area contributed by atoms with Crippen LogP contribution in [0.3, 0.4) is 0 Å². The van der Waals surface area contributed by atoms with Crippen molar-refractivity contribution in [3.05, 3.63) is 23.8 Å². The van der Waals surface area contributed by atoms with Gasteiger partial charge in [-0.15, -0.1) is 0 Å². The van der Waals surface area contributed by atoms with Crippen LogP contribution in [0.25, 0.3) is 0 Å². The molecule has 0 aromatic carbocycles. The standard InChI is InChI=1S/C9H15N3O2S/c1-3-10-6-8-4-5-11-9(12-8)7-15(2,13)14/h4-5,10H,3,6-7H2,1-2H3. The third-order valence-corrected chi connectivity index (χ3v) is 2.49. The molecule has 0 atom stereocenters. The Morgan fingerprint density at radius 2 is 2.20 bits per heavy atom. The Hall–Kier alpha value is -1.01. The summed E-state index contributed by atoms with van der Waals surface area (Å²) < 4.78 is 22.1. The quantitative estimate of drug-likeness (QED) is 0.777. The SMILES string of the molecule is CCNCc1ccnc(CS(C)(=O)=O)n1. The zero-order valence-electron chi connectivity index (χ0n) is 8.90. The lowest BCUT2D eigenvalue weighted by atomic mass is 10.4. The van der Waals surface area contributed by atoms with Gasteiger partial charge >= 0.3 is 0 Å². The molecule has 0 aliphatic heterocycles. The van der Waals surface area contributed by atoms with Crippen LogP contribution in [-0.4, -0.2) is 31.2 Å². The highest BCUT2D eigenvalue weighted by Gasteiger charge is 2.07. The summed E-state index contributed by atoms with van der Waals surface area (Å²) in [7, 11) is -3.06. The second-order valence-corrected chi connectivity index (χ2v) is 5.45. The average Bonchev–Trinajstić information content (AvgIpc) is 2.12. The van der Waals surface area contributed by atoms with E-state index >= 15 is 0 Å². The fourth-order valence-electron chi connectivity index (χ4n) is 1.10. The molecule has 6 heteroatoms. The van der Waals surface area contributed by atoms with Crippen LogP contribution in [-0.2, 0) is 22.1 Å². The number of aromatic nitrogens is 2. The normalized spacial score (nSPS) is 11.6. The molecule has 0 radical (unpaired) electrons. The molecule has 84 valence electrons. The van der Waals surface area contributed by atoms with Crippen molar-refractivity contribution in [3.8, 4) is 0 Å². The third kappa shape index (κ3) is 4.85. The monoisotopic (exact) mass is 229 g/mol. The van der Waals surface area contributed by atoms with E-state index in [1.165, 1.54) is 6.26 Å². The summed E-state index contributed by atoms with van der Waals surface area (Å²) in [6, 6.07) is 1.77. The molecule has 1 aromatic heterocycles. The molecule has 0 bridgehead atoms. The molecule has 1 N–H and O–H groups in total. The number of nitrogens with one attached hydrogen (secondary N) is 1. The molecular weight excluding hydrogens is 214 g/mol. The zero-order chi connectivity index (χ0) is 11.3. The first-order valence-corrected chi connectivity index (χ1v) is 6.76. The Morgan fingerprint density at radius 1 is 1.47 bits per heavy atom. The Morgan fingerprint density at radius 3 is 2.80 bits per heavy atom. The third-order valence-electron chi connectivity index (χ3n) is 1.71. The molecule has 15 heavy (non-hydrogen) atoms. The van der Waals surface area contributed by atoms with Gasteiger partial charge in [-0.3, -0.25) is 0 Å². The van der Waals surface area contributed by atoms with Crippen molar-refractivity contribution in [1.82, 2.24) is 15.3 Å². The van der Waals surface area contributed by atoms with E-state index in [0.717, 1.165) is 12.2 Å². The smallest absolute Gasteiger partial charge is 0.154 e. The maximum atomic E-state index is 11.0. The van der Waals surface area contributed by atoms with E-state index in [1.807, 2.05) is 6.92 Å². The van der Waals surface area contributed by atoms with Gasteiger partial charge in [0.05, 0.1) is 5.69 Å². The summed E-state index contributed by atoms with van der Waals surface area (Å²) in [5, 5.41) is 3.11. The summed E-state index contributed by atoms with van der Waals surface area (Å²) >= 11 is 0. The van der Waals surface area contributed by atoms with Crippen LogP contribution in [0.2, 0.25) is 0 Å². The number of sulfone groups is 1. The minimum atomic E-state index is -3.06. The predicted octanol–water partition coefficient (Wildman–Crippen LogP) is 0.131. The van der Waals surface area contributed by atoms with Crippen molar-refractivity contribution in [2.24, 2.45) is 0 Å². The summed E-state index contributed by atoms with van der Waals surface area (Å²) in [5.74, 6) is 0.250. The lowest BCUT2D eigenvalue weighted by Crippen LogP contribution is -2.14. The fourth-order valence-corrected chi connectivity index (χ4v) is 1.70. The minimum absolute atomic E-state index is 0.104. The molecule has 0 aliphatic carbocycles. The van der Waals surface area contributed by atoms with Crippen LogP contribution in [0.1, 0.15) is 18.4 Å². The van der Waals surface area contributed by atoms with Crippen molar-refractivity contribution in [1.29, 1.82) is 0 Å². The molecule has 0 saturated carbocycles. The van der Waals surface area contributed by atoms with Gasteiger partial charge in [0.1, 0.15) is 11.6 Å². The molecule has 1 rings (SSSR count). The van der Waals surface area contributed by atoms with E-state index in [1.54, 1.807) is 12.3 Å². The lowest BCUT2D eigenvalue weighted by Gasteiger charge is -2.03. The number of hydrogen-bond acceptors (Lipinski definition) is 5. The molecule has 1 aromatic rings. The van der Waals surface area contributed by atoms with Gasteiger partial charge < -0.3 is 5.32 Å². The van der Waals surface area contributed by atoms with Gasteiger partial charge in [0.15, 0.2) is 9.84 Å². The van der Waals surface area contributed by atoms with Gasteiger partial charge in [-0.1, -0.05) is 6.92 Å². The molecule has 1 heterocycles. The number of rotatable bonds is 5. The highest BCUT2D eigenvalue weighted by Crippen LogP contribution is 2.00. The van der Waals surface area contributed by atoms with Crippen LogP contribution < -0.4 is 5.32 Å². The number of nitrogens with zero attached hydrogens (tertiary/aromatic N) is 2. The summed E-state index contributed by atoms with van der Waals surface area (Å²) in [4.78, 5) is 8.06. The van der Waals surface area contributed by atoms with Gasteiger partial charge in [0.25, 0.3) is 0 Å². The van der Waals surface area contributed by atoms with E-state index in [0.29, 0.717) is 12.4 Å². The Kier molecular flexibility index (Phi) is 4.16. The maximum absolute atomic E-state index is 11.0. The van der Waals surface area contributed by atoms with Crippen LogP contribution >= 0.6 is 0 Å². The fraction of sp³-hybridized carbons (Fsp3) is 0.556. The Labute approximate surface area is 89.9 Å². The minimum Gasteiger partial charge on any atom is -0.311 e. The van der Waals surface area contributed by atoms with Gasteiger partial charge in [-0.05, 0) is 12.6 Å². The molecule has 0 spiro atoms. The highest BCUT2D eigenvalue weighted by molar-refractivity contribution is 7.89. The second-order valence-electron chi connectivity index (χ2n) is 3.31. The van der Waals surface area contributed by atoms with Crippen LogP contribution in [0.5, 0.6) is 0 Å². The van der Waals surface area contributed by atoms with Crippen molar-refractivity contribution in [3.63, 3.8) is 0 Å². The van der Waals surface area contributed by atoms with Crippen LogP contribution in [0.15, 0.2) is 12.3 Å². The molecule has 0 fully saturated rings. The van der Waals surface area contributed by atoms with Crippen LogP contribution in [0, 0.1) is 0 Å². The van der Waals surface area contributed by atoms with E-state index in [9.17, 15) is 8.42 Å². The highest BCUT2D eigenvalue weighted by atomic mass is 32.2. The van der Waals surface area contributed by atoms with Crippen molar-refractivity contribution < 1.29 is 8.42 Å². The molecule has 0 aliphatic rings. The van der Waals surface area contributed by atoms with Gasteiger partial charge in [-0.2, -0.15) is 0 Å². The second kappa shape index (κ2) is 5.18. The summed E-state index contributed by atoms with van der Waals surface area (Å²) in [6.45, 7) is 3.49. The van der Waals surface area contributed by atoms with Crippen molar-refractivity contribution in [2.75, 3.05) is 12.8 Å². The van der Waals surface area contributed by atoms with Crippen molar-refractivity contribution in [2.45, 2.75) is 19.2 Å². The maximum Gasteiger partial charge on any atom is 0.154 e. The molecule has 0 saturated heterocycles. The first kappa shape index (κ1) is 12.1. The van der Waals surface area contributed by atoms with E-state index in [-0.39, 0.29) is 5.75 Å². The summed E-state index contributed by atoms with van der Waals surface area (Å²) in [6.07, 6.45) is 2.76. The average molecular weight is 229 g/mol. The zero-order valence-corrected chi connectivity index (χ0v) is 9.71.